The minimum Gasteiger partial charge on any atom is -0.494 e. The molecule has 2 N–H and O–H groups in total. The van der Waals surface area contributed by atoms with Crippen LogP contribution in [0.1, 0.15) is 13.3 Å². The maximum Gasteiger partial charge on any atom is 0.326 e. The summed E-state index contributed by atoms with van der Waals surface area (Å²) < 4.78 is 5.35. The fourth-order valence-electron chi connectivity index (χ4n) is 1.31. The highest BCUT2D eigenvalue weighted by Crippen LogP contribution is 2.08. The molecule has 0 aliphatic carbocycles. The number of rotatable bonds is 6. The van der Waals surface area contributed by atoms with E-state index in [-0.39, 0.29) is 18.9 Å². The summed E-state index contributed by atoms with van der Waals surface area (Å²) in [6.07, 6.45) is 0.226. The Kier molecular flexibility index (Phi) is 5.00. The summed E-state index contributed by atoms with van der Waals surface area (Å²) in [6, 6.07) is 8.19. The average Bonchev–Trinajstić information content (AvgIpc) is 2.28. The minimum atomic E-state index is -1.06. The molecule has 1 aromatic carbocycles. The van der Waals surface area contributed by atoms with Crippen molar-refractivity contribution in [1.29, 1.82) is 0 Å². The molecule has 17 heavy (non-hydrogen) atoms. The number of carbonyl (C=O) groups excluding carboxylic acids is 1. The number of hydrogen-bond acceptors (Lipinski definition) is 3. The van der Waals surface area contributed by atoms with Crippen molar-refractivity contribution in [2.45, 2.75) is 19.4 Å². The zero-order valence-corrected chi connectivity index (χ0v) is 9.55. The molecule has 1 unspecified atom stereocenters. The molecule has 0 saturated heterocycles. The van der Waals surface area contributed by atoms with Crippen LogP contribution >= 0.6 is 0 Å². The third kappa shape index (κ3) is 5.01. The standard InChI is InChI=1S/C12H15NO4/c1-9(14)13-11(12(15)16)7-8-17-10-5-3-2-4-6-10/h2-6,11H,7-8H2,1H3,(H,13,14)(H,15,16). The van der Waals surface area contributed by atoms with Crippen LogP contribution in [-0.4, -0.2) is 29.6 Å². The van der Waals surface area contributed by atoms with Gasteiger partial charge in [0.1, 0.15) is 11.8 Å². The lowest BCUT2D eigenvalue weighted by atomic mass is 10.2. The zero-order valence-electron chi connectivity index (χ0n) is 9.55. The second-order valence-electron chi connectivity index (χ2n) is 3.54. The van der Waals surface area contributed by atoms with Crippen molar-refractivity contribution in [3.05, 3.63) is 30.3 Å². The molecule has 0 saturated carbocycles. The summed E-state index contributed by atoms with van der Waals surface area (Å²) in [4.78, 5) is 21.6. The van der Waals surface area contributed by atoms with Crippen molar-refractivity contribution in [1.82, 2.24) is 5.32 Å². The molecule has 1 aromatic rings. The van der Waals surface area contributed by atoms with E-state index in [1.54, 1.807) is 12.1 Å². The van der Waals surface area contributed by atoms with Crippen LogP contribution in [0.3, 0.4) is 0 Å². The van der Waals surface area contributed by atoms with E-state index in [4.69, 9.17) is 9.84 Å². The number of carboxylic acid groups (broad SMARTS) is 1. The maximum absolute atomic E-state index is 10.8. The summed E-state index contributed by atoms with van der Waals surface area (Å²) in [7, 11) is 0. The van der Waals surface area contributed by atoms with Crippen LogP contribution in [0.25, 0.3) is 0 Å². The lowest BCUT2D eigenvalue weighted by molar-refractivity contribution is -0.141. The third-order valence-corrected chi connectivity index (χ3v) is 2.09. The van der Waals surface area contributed by atoms with Crippen LogP contribution < -0.4 is 10.1 Å². The number of aliphatic carboxylic acids is 1. The normalized spacial score (nSPS) is 11.6. The molecule has 0 aliphatic rings. The van der Waals surface area contributed by atoms with Crippen LogP contribution in [-0.2, 0) is 9.59 Å². The second-order valence-corrected chi connectivity index (χ2v) is 3.54. The monoisotopic (exact) mass is 237 g/mol. The topological polar surface area (TPSA) is 75.6 Å². The first kappa shape index (κ1) is 13.0. The lowest BCUT2D eigenvalue weighted by Gasteiger charge is -2.13. The fraction of sp³-hybridized carbons (Fsp3) is 0.333. The highest BCUT2D eigenvalue weighted by Gasteiger charge is 2.17. The molecule has 1 atom stereocenters. The van der Waals surface area contributed by atoms with Gasteiger partial charge < -0.3 is 15.2 Å². The van der Waals surface area contributed by atoms with Crippen molar-refractivity contribution in [2.75, 3.05) is 6.61 Å². The van der Waals surface area contributed by atoms with E-state index in [1.807, 2.05) is 18.2 Å². The number of nitrogens with one attached hydrogen (secondary N) is 1. The lowest BCUT2D eigenvalue weighted by Crippen LogP contribution is -2.40. The van der Waals surface area contributed by atoms with Crippen molar-refractivity contribution in [3.8, 4) is 5.75 Å². The van der Waals surface area contributed by atoms with E-state index in [0.717, 1.165) is 0 Å². The SMILES string of the molecule is CC(=O)NC(CCOc1ccccc1)C(=O)O. The summed E-state index contributed by atoms with van der Waals surface area (Å²) >= 11 is 0. The summed E-state index contributed by atoms with van der Waals surface area (Å²) in [5.41, 5.74) is 0. The van der Waals surface area contributed by atoms with E-state index in [2.05, 4.69) is 5.32 Å². The Morgan fingerprint density at radius 3 is 2.53 bits per heavy atom. The van der Waals surface area contributed by atoms with Crippen LogP contribution in [0.5, 0.6) is 5.75 Å². The van der Waals surface area contributed by atoms with Crippen LogP contribution in [0, 0.1) is 0 Å². The predicted molar refractivity (Wildman–Crippen MR) is 61.8 cm³/mol. The summed E-state index contributed by atoms with van der Waals surface area (Å²) in [6.45, 7) is 1.52. The molecule has 0 aliphatic heterocycles. The molecule has 0 fully saturated rings. The molecule has 1 amide bonds. The van der Waals surface area contributed by atoms with Gasteiger partial charge in [0.25, 0.3) is 0 Å². The van der Waals surface area contributed by atoms with Crippen LogP contribution in [0.15, 0.2) is 30.3 Å². The third-order valence-electron chi connectivity index (χ3n) is 2.09. The Balaban J connectivity index is 2.37. The second kappa shape index (κ2) is 6.52. The Morgan fingerprint density at radius 1 is 1.35 bits per heavy atom. The van der Waals surface area contributed by atoms with Gasteiger partial charge in [-0.3, -0.25) is 4.79 Å². The van der Waals surface area contributed by atoms with Gasteiger partial charge in [-0.2, -0.15) is 0 Å². The first-order valence-corrected chi connectivity index (χ1v) is 5.27. The van der Waals surface area contributed by atoms with E-state index in [9.17, 15) is 9.59 Å². The van der Waals surface area contributed by atoms with Gasteiger partial charge in [-0.1, -0.05) is 18.2 Å². The van der Waals surface area contributed by atoms with Gasteiger partial charge in [0, 0.05) is 13.3 Å². The van der Waals surface area contributed by atoms with Gasteiger partial charge in [0.05, 0.1) is 6.61 Å². The highest BCUT2D eigenvalue weighted by molar-refractivity contribution is 5.81. The number of carboxylic acids is 1. The quantitative estimate of drug-likeness (QED) is 0.775. The average molecular weight is 237 g/mol. The van der Waals surface area contributed by atoms with Gasteiger partial charge in [-0.05, 0) is 12.1 Å². The number of amides is 1. The number of hydrogen-bond donors (Lipinski definition) is 2. The van der Waals surface area contributed by atoms with E-state index in [0.29, 0.717) is 5.75 Å². The maximum atomic E-state index is 10.8. The first-order valence-electron chi connectivity index (χ1n) is 5.27. The Hall–Kier alpha value is -2.04. The predicted octanol–water partition coefficient (Wildman–Crippen LogP) is 1.04. The Labute approximate surface area is 99.4 Å². The van der Waals surface area contributed by atoms with Gasteiger partial charge >= 0.3 is 5.97 Å². The van der Waals surface area contributed by atoms with Gasteiger partial charge in [-0.15, -0.1) is 0 Å². The van der Waals surface area contributed by atoms with Crippen molar-refractivity contribution in [2.24, 2.45) is 0 Å². The van der Waals surface area contributed by atoms with E-state index < -0.39 is 12.0 Å². The Morgan fingerprint density at radius 2 is 2.00 bits per heavy atom. The molecule has 0 spiro atoms. The number of benzene rings is 1. The van der Waals surface area contributed by atoms with E-state index in [1.165, 1.54) is 6.92 Å². The van der Waals surface area contributed by atoms with Crippen molar-refractivity contribution >= 4 is 11.9 Å². The number of ether oxygens (including phenoxy) is 1. The fourth-order valence-corrected chi connectivity index (χ4v) is 1.31. The molecular weight excluding hydrogens is 222 g/mol. The number of para-hydroxylation sites is 1. The molecular formula is C12H15NO4. The minimum absolute atomic E-state index is 0.226. The van der Waals surface area contributed by atoms with Gasteiger partial charge in [-0.25, -0.2) is 4.79 Å². The summed E-state index contributed by atoms with van der Waals surface area (Å²) in [5.74, 6) is -0.742. The van der Waals surface area contributed by atoms with Crippen molar-refractivity contribution in [3.63, 3.8) is 0 Å². The van der Waals surface area contributed by atoms with Gasteiger partial charge in [0.15, 0.2) is 0 Å². The molecule has 0 bridgehead atoms. The molecule has 0 radical (unpaired) electrons. The molecule has 0 heterocycles. The molecule has 5 nitrogen and oxygen atoms in total. The van der Waals surface area contributed by atoms with Crippen molar-refractivity contribution < 1.29 is 19.4 Å². The largest absolute Gasteiger partial charge is 0.494 e. The van der Waals surface area contributed by atoms with Gasteiger partial charge in [0.2, 0.25) is 5.91 Å². The first-order chi connectivity index (χ1) is 8.09. The van der Waals surface area contributed by atoms with E-state index >= 15 is 0 Å². The molecule has 92 valence electrons. The van der Waals surface area contributed by atoms with Crippen LogP contribution in [0.4, 0.5) is 0 Å². The smallest absolute Gasteiger partial charge is 0.326 e. The molecule has 5 heteroatoms. The number of carbonyl (C=O) groups is 2. The molecule has 0 aromatic heterocycles. The zero-order chi connectivity index (χ0) is 12.7. The molecule has 1 rings (SSSR count). The Bertz CT molecular complexity index is 377. The van der Waals surface area contributed by atoms with Crippen LogP contribution in [0.2, 0.25) is 0 Å². The highest BCUT2D eigenvalue weighted by atomic mass is 16.5. The summed E-state index contributed by atoms with van der Waals surface area (Å²) in [5, 5.41) is 11.2.